The molecule has 12 heavy (non-hydrogen) atoms. The summed E-state index contributed by atoms with van der Waals surface area (Å²) in [5, 5.41) is 3.61. The maximum atomic E-state index is 3.77. The van der Waals surface area contributed by atoms with Gasteiger partial charge in [-0.1, -0.05) is 18.6 Å². The van der Waals surface area contributed by atoms with Crippen LogP contribution in [0.15, 0.2) is 25.3 Å². The van der Waals surface area contributed by atoms with Crippen molar-refractivity contribution < 1.29 is 0 Å². The van der Waals surface area contributed by atoms with Crippen molar-refractivity contribution in [3.8, 4) is 0 Å². The lowest BCUT2D eigenvalue weighted by molar-refractivity contribution is 0.322. The van der Waals surface area contributed by atoms with Gasteiger partial charge in [-0.25, -0.2) is 0 Å². The number of rotatable bonds is 4. The van der Waals surface area contributed by atoms with Crippen molar-refractivity contribution in [3.05, 3.63) is 25.3 Å². The van der Waals surface area contributed by atoms with Gasteiger partial charge in [0.15, 0.2) is 0 Å². The molecule has 68 valence electrons. The van der Waals surface area contributed by atoms with E-state index in [1.165, 1.54) is 19.3 Å². The molecule has 2 atom stereocenters. The summed E-state index contributed by atoms with van der Waals surface area (Å²) in [6, 6.07) is 1.34. The molecule has 0 unspecified atom stereocenters. The van der Waals surface area contributed by atoms with Gasteiger partial charge < -0.3 is 5.32 Å². The van der Waals surface area contributed by atoms with Crippen LogP contribution in [0, 0.1) is 0 Å². The Morgan fingerprint density at radius 1 is 1.08 bits per heavy atom. The Labute approximate surface area is 75.6 Å². The molecule has 1 N–H and O–H groups in total. The lowest BCUT2D eigenvalue weighted by Gasteiger charge is -2.29. The smallest absolute Gasteiger partial charge is 0.0104 e. The maximum Gasteiger partial charge on any atom is 0.0104 e. The van der Waals surface area contributed by atoms with E-state index >= 15 is 0 Å². The van der Waals surface area contributed by atoms with Crippen LogP contribution in [0.4, 0.5) is 0 Å². The summed E-state index contributed by atoms with van der Waals surface area (Å²) >= 11 is 0. The maximum absolute atomic E-state index is 3.77. The first-order valence-electron chi connectivity index (χ1n) is 4.84. The van der Waals surface area contributed by atoms with Crippen LogP contribution in [-0.4, -0.2) is 12.1 Å². The van der Waals surface area contributed by atoms with Crippen LogP contribution in [0.2, 0.25) is 0 Å². The lowest BCUT2D eigenvalue weighted by atomic mass is 9.95. The van der Waals surface area contributed by atoms with Gasteiger partial charge >= 0.3 is 0 Å². The molecule has 0 radical (unpaired) electrons. The molecule has 1 fully saturated rings. The lowest BCUT2D eigenvalue weighted by Crippen LogP contribution is -2.41. The summed E-state index contributed by atoms with van der Waals surface area (Å²) in [5.74, 6) is 0. The predicted octanol–water partition coefficient (Wildman–Crippen LogP) is 2.65. The van der Waals surface area contributed by atoms with Crippen molar-refractivity contribution in [2.75, 3.05) is 0 Å². The molecule has 1 rings (SSSR count). The van der Waals surface area contributed by atoms with E-state index in [-0.39, 0.29) is 0 Å². The van der Waals surface area contributed by atoms with Crippen LogP contribution in [0.5, 0.6) is 0 Å². The zero-order valence-electron chi connectivity index (χ0n) is 7.76. The van der Waals surface area contributed by atoms with E-state index in [0.717, 1.165) is 12.8 Å². The zero-order chi connectivity index (χ0) is 8.81. The Kier molecular flexibility index (Phi) is 4.09. The van der Waals surface area contributed by atoms with Crippen LogP contribution in [-0.2, 0) is 0 Å². The molecule has 1 saturated heterocycles. The summed E-state index contributed by atoms with van der Waals surface area (Å²) in [5.41, 5.74) is 0. The highest BCUT2D eigenvalue weighted by atomic mass is 15.0. The summed E-state index contributed by atoms with van der Waals surface area (Å²) in [6.07, 6.45) is 10.2. The summed E-state index contributed by atoms with van der Waals surface area (Å²) in [6.45, 7) is 7.53. The summed E-state index contributed by atoms with van der Waals surface area (Å²) in [4.78, 5) is 0. The topological polar surface area (TPSA) is 12.0 Å². The monoisotopic (exact) mass is 165 g/mol. The van der Waals surface area contributed by atoms with E-state index in [1.807, 2.05) is 12.2 Å². The molecule has 0 spiro atoms. The molecule has 0 aliphatic carbocycles. The van der Waals surface area contributed by atoms with Crippen LogP contribution in [0.25, 0.3) is 0 Å². The fourth-order valence-electron chi connectivity index (χ4n) is 1.88. The molecular formula is C11H19N. The van der Waals surface area contributed by atoms with Gasteiger partial charge in [-0.3, -0.25) is 0 Å². The van der Waals surface area contributed by atoms with Gasteiger partial charge in [-0.2, -0.15) is 0 Å². The average Bonchev–Trinajstić information content (AvgIpc) is 2.06. The third-order valence-corrected chi connectivity index (χ3v) is 2.48. The molecule has 0 amide bonds. The van der Waals surface area contributed by atoms with Crippen LogP contribution in [0.3, 0.4) is 0 Å². The van der Waals surface area contributed by atoms with E-state index in [1.54, 1.807) is 0 Å². The average molecular weight is 165 g/mol. The standard InChI is InChI=1S/C11H19N/c1-3-6-10-8-5-9-11(12-10)7-4-2/h3-4,10-12H,1-2,5-9H2/t10-,11+. The first-order chi connectivity index (χ1) is 5.86. The van der Waals surface area contributed by atoms with Gasteiger partial charge in [0, 0.05) is 12.1 Å². The molecule has 1 heterocycles. The SMILES string of the molecule is C=CC[C@@H]1CCC[C@H](CC=C)N1. The Balaban J connectivity index is 2.29. The van der Waals surface area contributed by atoms with Crippen molar-refractivity contribution in [3.63, 3.8) is 0 Å². The van der Waals surface area contributed by atoms with Crippen LogP contribution in [0.1, 0.15) is 32.1 Å². The van der Waals surface area contributed by atoms with Gasteiger partial charge in [0.25, 0.3) is 0 Å². The molecule has 0 aromatic carbocycles. The fraction of sp³-hybridized carbons (Fsp3) is 0.636. The minimum Gasteiger partial charge on any atom is -0.311 e. The third kappa shape index (κ3) is 2.82. The molecule has 1 nitrogen and oxygen atoms in total. The first-order valence-corrected chi connectivity index (χ1v) is 4.84. The highest BCUT2D eigenvalue weighted by Crippen LogP contribution is 2.17. The van der Waals surface area contributed by atoms with E-state index < -0.39 is 0 Å². The molecular weight excluding hydrogens is 146 g/mol. The van der Waals surface area contributed by atoms with Crippen molar-refractivity contribution >= 4 is 0 Å². The number of piperidine rings is 1. The minimum atomic E-state index is 0.668. The van der Waals surface area contributed by atoms with E-state index in [0.29, 0.717) is 12.1 Å². The largest absolute Gasteiger partial charge is 0.311 e. The number of hydrogen-bond donors (Lipinski definition) is 1. The number of hydrogen-bond acceptors (Lipinski definition) is 1. The van der Waals surface area contributed by atoms with Crippen LogP contribution >= 0.6 is 0 Å². The second-order valence-corrected chi connectivity index (χ2v) is 3.54. The molecule has 0 saturated carbocycles. The van der Waals surface area contributed by atoms with Crippen molar-refractivity contribution in [2.45, 2.75) is 44.2 Å². The highest BCUT2D eigenvalue weighted by Gasteiger charge is 2.18. The Hall–Kier alpha value is -0.560. The van der Waals surface area contributed by atoms with Gasteiger partial charge in [-0.15, -0.1) is 13.2 Å². The summed E-state index contributed by atoms with van der Waals surface area (Å²) < 4.78 is 0. The van der Waals surface area contributed by atoms with E-state index in [4.69, 9.17) is 0 Å². The summed E-state index contributed by atoms with van der Waals surface area (Å²) in [7, 11) is 0. The molecule has 1 aliphatic rings. The highest BCUT2D eigenvalue weighted by molar-refractivity contribution is 4.88. The Morgan fingerprint density at radius 3 is 2.00 bits per heavy atom. The molecule has 1 heteroatoms. The molecule has 0 bridgehead atoms. The van der Waals surface area contributed by atoms with Crippen molar-refractivity contribution in [2.24, 2.45) is 0 Å². The molecule has 0 aromatic rings. The molecule has 0 aromatic heterocycles. The number of nitrogens with one attached hydrogen (secondary N) is 1. The second kappa shape index (κ2) is 5.15. The van der Waals surface area contributed by atoms with Gasteiger partial charge in [0.05, 0.1) is 0 Å². The quantitative estimate of drug-likeness (QED) is 0.631. The predicted molar refractivity (Wildman–Crippen MR) is 54.2 cm³/mol. The molecule has 1 aliphatic heterocycles. The fourth-order valence-corrected chi connectivity index (χ4v) is 1.88. The van der Waals surface area contributed by atoms with E-state index in [9.17, 15) is 0 Å². The van der Waals surface area contributed by atoms with Crippen molar-refractivity contribution in [1.82, 2.24) is 5.32 Å². The van der Waals surface area contributed by atoms with Crippen LogP contribution < -0.4 is 5.32 Å². The normalized spacial score (nSPS) is 29.7. The second-order valence-electron chi connectivity index (χ2n) is 3.54. The Morgan fingerprint density at radius 2 is 1.58 bits per heavy atom. The zero-order valence-corrected chi connectivity index (χ0v) is 7.76. The Bertz CT molecular complexity index is 135. The van der Waals surface area contributed by atoms with Gasteiger partial charge in [0.2, 0.25) is 0 Å². The van der Waals surface area contributed by atoms with Gasteiger partial charge in [-0.05, 0) is 25.7 Å². The van der Waals surface area contributed by atoms with Crippen molar-refractivity contribution in [1.29, 1.82) is 0 Å². The third-order valence-electron chi connectivity index (χ3n) is 2.48. The van der Waals surface area contributed by atoms with Gasteiger partial charge in [0.1, 0.15) is 0 Å². The van der Waals surface area contributed by atoms with E-state index in [2.05, 4.69) is 18.5 Å². The minimum absolute atomic E-state index is 0.668. The first kappa shape index (κ1) is 9.53.